The van der Waals surface area contributed by atoms with Crippen molar-refractivity contribution in [2.24, 2.45) is 5.14 Å². The third-order valence-corrected chi connectivity index (χ3v) is 5.77. The Morgan fingerprint density at radius 2 is 1.81 bits per heavy atom. The molecule has 140 valence electrons. The highest BCUT2D eigenvalue weighted by Crippen LogP contribution is 2.27. The van der Waals surface area contributed by atoms with Gasteiger partial charge in [-0.2, -0.15) is 0 Å². The lowest BCUT2D eigenvalue weighted by Gasteiger charge is -2.10. The van der Waals surface area contributed by atoms with Gasteiger partial charge in [0, 0.05) is 10.6 Å². The van der Waals surface area contributed by atoms with Crippen LogP contribution in [0.25, 0.3) is 10.8 Å². The fraction of sp³-hybridized carbons (Fsp3) is 0.105. The molecular formula is C19H18N2O4S2. The van der Waals surface area contributed by atoms with Gasteiger partial charge in [-0.1, -0.05) is 30.3 Å². The molecule has 0 aliphatic carbocycles. The van der Waals surface area contributed by atoms with Crippen molar-refractivity contribution >= 4 is 44.2 Å². The van der Waals surface area contributed by atoms with E-state index in [1.807, 2.05) is 42.5 Å². The van der Waals surface area contributed by atoms with Crippen LogP contribution in [0.5, 0.6) is 5.75 Å². The van der Waals surface area contributed by atoms with Crippen molar-refractivity contribution in [3.63, 3.8) is 0 Å². The van der Waals surface area contributed by atoms with Gasteiger partial charge in [0.1, 0.15) is 10.6 Å². The van der Waals surface area contributed by atoms with E-state index in [0.717, 1.165) is 15.7 Å². The van der Waals surface area contributed by atoms with E-state index in [4.69, 9.17) is 9.88 Å². The Balaban J connectivity index is 1.68. The summed E-state index contributed by atoms with van der Waals surface area (Å²) in [5, 5.41) is 10.1. The molecular weight excluding hydrogens is 384 g/mol. The monoisotopic (exact) mass is 402 g/mol. The Kier molecular flexibility index (Phi) is 5.69. The first-order chi connectivity index (χ1) is 12.9. The fourth-order valence-electron chi connectivity index (χ4n) is 2.58. The van der Waals surface area contributed by atoms with E-state index in [-0.39, 0.29) is 22.3 Å². The molecule has 0 unspecified atom stereocenters. The van der Waals surface area contributed by atoms with Crippen molar-refractivity contribution in [1.82, 2.24) is 0 Å². The maximum absolute atomic E-state index is 12.2. The number of hydrogen-bond acceptors (Lipinski definition) is 5. The number of anilines is 1. The van der Waals surface area contributed by atoms with Gasteiger partial charge >= 0.3 is 0 Å². The molecule has 3 rings (SSSR count). The quantitative estimate of drug-likeness (QED) is 0.617. The number of methoxy groups -OCH3 is 1. The van der Waals surface area contributed by atoms with Gasteiger partial charge in [-0.05, 0) is 41.1 Å². The van der Waals surface area contributed by atoms with Crippen LogP contribution >= 0.6 is 11.8 Å². The summed E-state index contributed by atoms with van der Waals surface area (Å²) >= 11 is 1.40. The summed E-state index contributed by atoms with van der Waals surface area (Å²) in [6.07, 6.45) is 0. The number of nitrogens with two attached hydrogens (primary N) is 1. The lowest BCUT2D eigenvalue weighted by Crippen LogP contribution is -2.16. The summed E-state index contributed by atoms with van der Waals surface area (Å²) in [4.78, 5) is 13.0. The van der Waals surface area contributed by atoms with E-state index < -0.39 is 10.0 Å². The van der Waals surface area contributed by atoms with Gasteiger partial charge in [0.2, 0.25) is 15.9 Å². The highest BCUT2D eigenvalue weighted by atomic mass is 32.2. The SMILES string of the molecule is COc1ccc(NC(=O)CSc2ccc3ccccc3c2)cc1S(N)(=O)=O. The zero-order chi connectivity index (χ0) is 19.4. The van der Waals surface area contributed by atoms with Crippen molar-refractivity contribution in [2.75, 3.05) is 18.2 Å². The van der Waals surface area contributed by atoms with Crippen LogP contribution in [-0.2, 0) is 14.8 Å². The molecule has 1 amide bonds. The maximum Gasteiger partial charge on any atom is 0.241 e. The molecule has 0 fully saturated rings. The summed E-state index contributed by atoms with van der Waals surface area (Å²) < 4.78 is 28.3. The molecule has 0 spiro atoms. The Morgan fingerprint density at radius 3 is 2.52 bits per heavy atom. The molecule has 0 bridgehead atoms. The number of ether oxygens (including phenoxy) is 1. The van der Waals surface area contributed by atoms with Crippen LogP contribution in [-0.4, -0.2) is 27.2 Å². The van der Waals surface area contributed by atoms with Gasteiger partial charge in [0.15, 0.2) is 0 Å². The normalized spacial score (nSPS) is 11.3. The number of fused-ring (bicyclic) bond motifs is 1. The van der Waals surface area contributed by atoms with Crippen LogP contribution in [0.3, 0.4) is 0 Å². The van der Waals surface area contributed by atoms with Crippen LogP contribution in [0.1, 0.15) is 0 Å². The van der Waals surface area contributed by atoms with Gasteiger partial charge in [-0.3, -0.25) is 4.79 Å². The van der Waals surface area contributed by atoms with Crippen molar-refractivity contribution in [1.29, 1.82) is 0 Å². The second-order valence-corrected chi connectivity index (χ2v) is 8.34. The largest absolute Gasteiger partial charge is 0.495 e. The second-order valence-electron chi connectivity index (χ2n) is 5.76. The zero-order valence-electron chi connectivity index (χ0n) is 14.5. The minimum Gasteiger partial charge on any atom is -0.495 e. The van der Waals surface area contributed by atoms with Gasteiger partial charge < -0.3 is 10.1 Å². The number of hydrogen-bond donors (Lipinski definition) is 2. The molecule has 0 saturated heterocycles. The lowest BCUT2D eigenvalue weighted by molar-refractivity contribution is -0.113. The van der Waals surface area contributed by atoms with Gasteiger partial charge in [-0.25, -0.2) is 13.6 Å². The number of amides is 1. The average molecular weight is 402 g/mol. The number of carbonyl (C=O) groups is 1. The number of carbonyl (C=O) groups excluding carboxylic acids is 1. The van der Waals surface area contributed by atoms with Crippen LogP contribution in [0, 0.1) is 0 Å². The zero-order valence-corrected chi connectivity index (χ0v) is 16.1. The van der Waals surface area contributed by atoms with Crippen LogP contribution < -0.4 is 15.2 Å². The van der Waals surface area contributed by atoms with Crippen molar-refractivity contribution in [3.8, 4) is 5.75 Å². The summed E-state index contributed by atoms with van der Waals surface area (Å²) in [5.41, 5.74) is 0.337. The summed E-state index contributed by atoms with van der Waals surface area (Å²) in [6.45, 7) is 0. The van der Waals surface area contributed by atoms with E-state index in [9.17, 15) is 13.2 Å². The molecule has 0 heterocycles. The van der Waals surface area contributed by atoms with Crippen molar-refractivity contribution in [2.45, 2.75) is 9.79 Å². The molecule has 3 N–H and O–H groups in total. The number of nitrogens with one attached hydrogen (secondary N) is 1. The predicted octanol–water partition coefficient (Wildman–Crippen LogP) is 3.23. The Morgan fingerprint density at radius 1 is 1.07 bits per heavy atom. The minimum atomic E-state index is -3.96. The standard InChI is InChI=1S/C19H18N2O4S2/c1-25-17-9-7-15(11-18(17)27(20,23)24)21-19(22)12-26-16-8-6-13-4-2-3-5-14(13)10-16/h2-11H,12H2,1H3,(H,21,22)(H2,20,23,24). The average Bonchev–Trinajstić information content (AvgIpc) is 2.65. The molecule has 3 aromatic carbocycles. The molecule has 27 heavy (non-hydrogen) atoms. The molecule has 8 heteroatoms. The van der Waals surface area contributed by atoms with E-state index >= 15 is 0 Å². The van der Waals surface area contributed by atoms with Crippen LogP contribution in [0.15, 0.2) is 70.5 Å². The smallest absolute Gasteiger partial charge is 0.241 e. The lowest BCUT2D eigenvalue weighted by atomic mass is 10.1. The Labute approximate surface area is 161 Å². The summed E-state index contributed by atoms with van der Waals surface area (Å²) in [6, 6.07) is 18.3. The van der Waals surface area contributed by atoms with E-state index in [1.165, 1.54) is 31.0 Å². The molecule has 0 aliphatic heterocycles. The van der Waals surface area contributed by atoms with Crippen LogP contribution in [0.4, 0.5) is 5.69 Å². The first kappa shape index (κ1) is 19.2. The van der Waals surface area contributed by atoms with Gasteiger partial charge in [-0.15, -0.1) is 11.8 Å². The highest BCUT2D eigenvalue weighted by Gasteiger charge is 2.16. The van der Waals surface area contributed by atoms with E-state index in [2.05, 4.69) is 5.32 Å². The summed E-state index contributed by atoms with van der Waals surface area (Å²) in [5.74, 6) is 0.0643. The Bertz CT molecular complexity index is 1100. The highest BCUT2D eigenvalue weighted by molar-refractivity contribution is 8.00. The number of rotatable bonds is 6. The van der Waals surface area contributed by atoms with Crippen molar-refractivity contribution < 1.29 is 17.9 Å². The number of primary sulfonamides is 1. The van der Waals surface area contributed by atoms with Gasteiger partial charge in [0.25, 0.3) is 0 Å². The molecule has 0 radical (unpaired) electrons. The van der Waals surface area contributed by atoms with E-state index in [1.54, 1.807) is 6.07 Å². The fourth-order valence-corrected chi connectivity index (χ4v) is 4.05. The number of thioether (sulfide) groups is 1. The van der Waals surface area contributed by atoms with E-state index in [0.29, 0.717) is 5.69 Å². The Hall–Kier alpha value is -2.55. The van der Waals surface area contributed by atoms with Gasteiger partial charge in [0.05, 0.1) is 12.9 Å². The molecule has 0 atom stereocenters. The first-order valence-electron chi connectivity index (χ1n) is 7.99. The molecule has 0 aromatic heterocycles. The third kappa shape index (κ3) is 4.79. The molecule has 0 aliphatic rings. The first-order valence-corrected chi connectivity index (χ1v) is 10.5. The topological polar surface area (TPSA) is 98.5 Å². The molecule has 0 saturated carbocycles. The second kappa shape index (κ2) is 7.99. The minimum absolute atomic E-state index is 0.126. The molecule has 6 nitrogen and oxygen atoms in total. The van der Waals surface area contributed by atoms with Crippen LogP contribution in [0.2, 0.25) is 0 Å². The molecule has 3 aromatic rings. The number of benzene rings is 3. The third-order valence-electron chi connectivity index (χ3n) is 3.84. The number of sulfonamides is 1. The predicted molar refractivity (Wildman–Crippen MR) is 108 cm³/mol. The maximum atomic E-state index is 12.2. The summed E-state index contributed by atoms with van der Waals surface area (Å²) in [7, 11) is -2.61. The van der Waals surface area contributed by atoms with Crippen molar-refractivity contribution in [3.05, 3.63) is 60.7 Å².